The molecule has 2 heterocycles. The number of ether oxygens (including phenoxy) is 1. The number of rotatable bonds is 5. The van der Waals surface area contributed by atoms with Gasteiger partial charge in [0.2, 0.25) is 5.91 Å². The van der Waals surface area contributed by atoms with E-state index in [4.69, 9.17) is 16.3 Å². The molecule has 122 valence electrons. The minimum atomic E-state index is 0.137. The fourth-order valence-corrected chi connectivity index (χ4v) is 3.02. The van der Waals surface area contributed by atoms with Crippen LogP contribution >= 0.6 is 11.6 Å². The van der Waals surface area contributed by atoms with Crippen molar-refractivity contribution in [2.24, 2.45) is 0 Å². The smallest absolute Gasteiger partial charge is 0.219 e. The van der Waals surface area contributed by atoms with Gasteiger partial charge in [0.05, 0.1) is 12.3 Å². The Morgan fingerprint density at radius 2 is 2.35 bits per heavy atom. The molecule has 2 aromatic rings. The maximum atomic E-state index is 11.4. The highest BCUT2D eigenvalue weighted by atomic mass is 35.5. The third-order valence-corrected chi connectivity index (χ3v) is 4.37. The third-order valence-electron chi connectivity index (χ3n) is 4.14. The first kappa shape index (κ1) is 15.9. The summed E-state index contributed by atoms with van der Waals surface area (Å²) in [5.41, 5.74) is 2.08. The first-order valence-corrected chi connectivity index (χ1v) is 8.17. The van der Waals surface area contributed by atoms with Gasteiger partial charge in [0.15, 0.2) is 0 Å². The van der Waals surface area contributed by atoms with Crippen LogP contribution in [0.25, 0.3) is 0 Å². The maximum Gasteiger partial charge on any atom is 0.219 e. The second kappa shape index (κ2) is 7.04. The number of nitrogens with zero attached hydrogens (tertiary/aromatic N) is 2. The molecule has 1 atom stereocenters. The Hall–Kier alpha value is -2.01. The zero-order chi connectivity index (χ0) is 16.2. The number of halogens is 1. The maximum absolute atomic E-state index is 11.4. The average Bonchev–Trinajstić information content (AvgIpc) is 3.16. The van der Waals surface area contributed by atoms with Gasteiger partial charge in [0, 0.05) is 43.1 Å². The van der Waals surface area contributed by atoms with Crippen LogP contribution in [0.2, 0.25) is 5.02 Å². The Morgan fingerprint density at radius 1 is 1.48 bits per heavy atom. The van der Waals surface area contributed by atoms with Crippen molar-refractivity contribution in [3.8, 4) is 5.75 Å². The minimum Gasteiger partial charge on any atom is -0.493 e. The summed E-state index contributed by atoms with van der Waals surface area (Å²) in [6, 6.07) is 9.46. The number of hydrogen-bond donors (Lipinski definition) is 1. The van der Waals surface area contributed by atoms with E-state index in [-0.39, 0.29) is 5.91 Å². The van der Waals surface area contributed by atoms with E-state index in [1.54, 1.807) is 13.0 Å². The number of likely N-dealkylation sites (tertiary alicyclic amines) is 1. The van der Waals surface area contributed by atoms with Gasteiger partial charge in [-0.25, -0.2) is 0 Å². The third kappa shape index (κ3) is 4.05. The molecule has 1 aliphatic rings. The Kier molecular flexibility index (Phi) is 4.86. The molecule has 0 aliphatic carbocycles. The van der Waals surface area contributed by atoms with Crippen molar-refractivity contribution in [2.45, 2.75) is 25.7 Å². The van der Waals surface area contributed by atoms with Crippen LogP contribution in [0.5, 0.6) is 5.75 Å². The highest BCUT2D eigenvalue weighted by Crippen LogP contribution is 2.26. The van der Waals surface area contributed by atoms with Crippen molar-refractivity contribution < 1.29 is 9.53 Å². The van der Waals surface area contributed by atoms with Gasteiger partial charge in [0.25, 0.3) is 0 Å². The molecule has 0 radical (unpaired) electrons. The van der Waals surface area contributed by atoms with Crippen LogP contribution in [0.4, 0.5) is 0 Å². The van der Waals surface area contributed by atoms with E-state index in [1.165, 1.54) is 0 Å². The summed E-state index contributed by atoms with van der Waals surface area (Å²) in [4.78, 5) is 13.3. The van der Waals surface area contributed by atoms with Crippen LogP contribution in [0.1, 0.15) is 30.7 Å². The number of benzene rings is 1. The van der Waals surface area contributed by atoms with Gasteiger partial charge >= 0.3 is 0 Å². The molecule has 0 bridgehead atoms. The van der Waals surface area contributed by atoms with Crippen LogP contribution in [0.15, 0.2) is 30.3 Å². The number of amides is 1. The number of hydrogen-bond acceptors (Lipinski definition) is 3. The van der Waals surface area contributed by atoms with Gasteiger partial charge in [-0.1, -0.05) is 17.7 Å². The zero-order valence-electron chi connectivity index (χ0n) is 13.1. The first-order valence-electron chi connectivity index (χ1n) is 7.80. The molecule has 6 heteroatoms. The summed E-state index contributed by atoms with van der Waals surface area (Å²) in [6.07, 6.45) is 1.73. The topological polar surface area (TPSA) is 58.2 Å². The van der Waals surface area contributed by atoms with Crippen molar-refractivity contribution in [1.29, 1.82) is 0 Å². The number of aromatic amines is 1. The quantitative estimate of drug-likeness (QED) is 0.915. The largest absolute Gasteiger partial charge is 0.493 e. The molecule has 1 saturated heterocycles. The van der Waals surface area contributed by atoms with E-state index in [0.717, 1.165) is 43.1 Å². The molecule has 1 fully saturated rings. The molecule has 23 heavy (non-hydrogen) atoms. The van der Waals surface area contributed by atoms with Gasteiger partial charge in [0.1, 0.15) is 5.75 Å². The molecule has 5 nitrogen and oxygen atoms in total. The second-order valence-electron chi connectivity index (χ2n) is 5.82. The molecule has 0 unspecified atom stereocenters. The van der Waals surface area contributed by atoms with Crippen molar-refractivity contribution >= 4 is 17.5 Å². The van der Waals surface area contributed by atoms with Crippen LogP contribution in [0, 0.1) is 0 Å². The molecule has 0 spiro atoms. The molecule has 1 aromatic heterocycles. The predicted octanol–water partition coefficient (Wildman–Crippen LogP) is 3.02. The highest BCUT2D eigenvalue weighted by Gasteiger charge is 2.27. The Balaban J connectivity index is 1.51. The molecule has 0 saturated carbocycles. The number of H-pyrrole nitrogens is 1. The molecule has 1 N–H and O–H groups in total. The fourth-order valence-electron chi connectivity index (χ4n) is 2.84. The lowest BCUT2D eigenvalue weighted by molar-refractivity contribution is -0.127. The molecular weight excluding hydrogens is 314 g/mol. The summed E-state index contributed by atoms with van der Waals surface area (Å²) in [5.74, 6) is 1.24. The van der Waals surface area contributed by atoms with Crippen molar-refractivity contribution in [1.82, 2.24) is 15.1 Å². The number of nitrogens with one attached hydrogen (secondary N) is 1. The van der Waals surface area contributed by atoms with E-state index in [9.17, 15) is 4.79 Å². The Labute approximate surface area is 140 Å². The summed E-state index contributed by atoms with van der Waals surface area (Å²) in [6.45, 7) is 3.76. The lowest BCUT2D eigenvalue weighted by atomic mass is 10.0. The van der Waals surface area contributed by atoms with E-state index >= 15 is 0 Å². The Bertz CT molecular complexity index is 686. The van der Waals surface area contributed by atoms with Gasteiger partial charge in [-0.05, 0) is 30.7 Å². The summed E-state index contributed by atoms with van der Waals surface area (Å²) in [5, 5.41) is 8.13. The first-order chi connectivity index (χ1) is 11.1. The average molecular weight is 334 g/mol. The van der Waals surface area contributed by atoms with Gasteiger partial charge in [-0.2, -0.15) is 5.10 Å². The van der Waals surface area contributed by atoms with Crippen LogP contribution in [-0.4, -0.2) is 40.7 Å². The van der Waals surface area contributed by atoms with Gasteiger partial charge in [-0.15, -0.1) is 0 Å². The predicted molar refractivity (Wildman–Crippen MR) is 88.9 cm³/mol. The van der Waals surface area contributed by atoms with Crippen LogP contribution in [-0.2, 0) is 11.2 Å². The van der Waals surface area contributed by atoms with E-state index in [2.05, 4.69) is 16.3 Å². The molecule has 1 amide bonds. The lowest BCUT2D eigenvalue weighted by Crippen LogP contribution is -2.25. The summed E-state index contributed by atoms with van der Waals surface area (Å²) in [7, 11) is 0. The number of carbonyl (C=O) groups is 1. The fraction of sp³-hybridized carbons (Fsp3) is 0.412. The van der Waals surface area contributed by atoms with E-state index in [1.807, 2.05) is 23.1 Å². The van der Waals surface area contributed by atoms with Crippen molar-refractivity contribution in [3.05, 3.63) is 46.7 Å². The van der Waals surface area contributed by atoms with Crippen molar-refractivity contribution in [2.75, 3.05) is 19.7 Å². The molecule has 1 aliphatic heterocycles. The van der Waals surface area contributed by atoms with Crippen LogP contribution in [0.3, 0.4) is 0 Å². The molecule has 3 rings (SSSR count). The van der Waals surface area contributed by atoms with Crippen LogP contribution < -0.4 is 4.74 Å². The number of carbonyl (C=O) groups excluding carboxylic acids is 1. The van der Waals surface area contributed by atoms with Gasteiger partial charge in [-0.3, -0.25) is 9.89 Å². The standard InChI is InChI=1S/C17H20ClN3O2/c1-12(22)21-7-5-13(11-21)17-10-15(19-20-17)6-8-23-16-4-2-3-14(18)9-16/h2-4,9-10,13H,5-8,11H2,1H3,(H,19,20)/t13-/m1/s1. The normalized spacial score (nSPS) is 17.5. The van der Waals surface area contributed by atoms with Gasteiger partial charge < -0.3 is 9.64 Å². The highest BCUT2D eigenvalue weighted by molar-refractivity contribution is 6.30. The summed E-state index contributed by atoms with van der Waals surface area (Å²) >= 11 is 5.93. The van der Waals surface area contributed by atoms with E-state index < -0.39 is 0 Å². The lowest BCUT2D eigenvalue weighted by Gasteiger charge is -2.12. The molecular formula is C17H20ClN3O2. The molecule has 1 aromatic carbocycles. The van der Waals surface area contributed by atoms with E-state index in [0.29, 0.717) is 17.5 Å². The SMILES string of the molecule is CC(=O)N1CC[C@@H](c2cc(CCOc3cccc(Cl)c3)[nH]n2)C1. The zero-order valence-corrected chi connectivity index (χ0v) is 13.8. The number of aromatic nitrogens is 2. The summed E-state index contributed by atoms with van der Waals surface area (Å²) < 4.78 is 5.69. The van der Waals surface area contributed by atoms with Crippen molar-refractivity contribution in [3.63, 3.8) is 0 Å². The Morgan fingerprint density at radius 3 is 3.09 bits per heavy atom. The minimum absolute atomic E-state index is 0.137. The second-order valence-corrected chi connectivity index (χ2v) is 6.26. The monoisotopic (exact) mass is 333 g/mol.